The number of aromatic nitrogens is 2. The van der Waals surface area contributed by atoms with E-state index in [9.17, 15) is 8.42 Å². The molecule has 0 radical (unpaired) electrons. The number of hydrogen-bond acceptors (Lipinski definition) is 7. The number of nitrogens with zero attached hydrogens (tertiary/aromatic N) is 2. The van der Waals surface area contributed by atoms with Crippen molar-refractivity contribution in [3.05, 3.63) is 77.5 Å². The van der Waals surface area contributed by atoms with E-state index < -0.39 is 9.84 Å². The molecule has 0 unspecified atom stereocenters. The Morgan fingerprint density at radius 3 is 2.56 bits per heavy atom. The number of hydrogen-bond donors (Lipinski definition) is 0. The first-order chi connectivity index (χ1) is 13.0. The second-order valence-corrected chi connectivity index (χ2v) is 8.41. The number of aryl methyl sites for hydroxylation is 1. The molecule has 0 aliphatic rings. The largest absolute Gasteiger partial charge is 0.484 e. The van der Waals surface area contributed by atoms with Crippen molar-refractivity contribution in [2.75, 3.05) is 5.75 Å². The van der Waals surface area contributed by atoms with Gasteiger partial charge in [0, 0.05) is 11.2 Å². The molecule has 0 bridgehead atoms. The predicted octanol–water partition coefficient (Wildman–Crippen LogP) is 4.04. The molecule has 0 aliphatic heterocycles. The Labute approximate surface area is 162 Å². The summed E-state index contributed by atoms with van der Waals surface area (Å²) in [6.45, 7) is 2.08. The van der Waals surface area contributed by atoms with Crippen LogP contribution in [0.1, 0.15) is 11.5 Å². The standard InChI is InChI=1S/C19H18N2O4S2/c1-15-8-10-17(11-9-15)27(22,23)13-5-12-26-19-21-20-18(25-19)14-24-16-6-3-2-4-7-16/h2-11,13H,12,14H2,1H3/b13-5+. The molecule has 0 spiro atoms. The van der Waals surface area contributed by atoms with Crippen LogP contribution in [0.15, 0.2) is 80.6 Å². The highest BCUT2D eigenvalue weighted by molar-refractivity contribution is 7.99. The van der Waals surface area contributed by atoms with Crippen LogP contribution in [-0.4, -0.2) is 24.4 Å². The Hall–Kier alpha value is -2.58. The van der Waals surface area contributed by atoms with Gasteiger partial charge in [-0.3, -0.25) is 0 Å². The smallest absolute Gasteiger partial charge is 0.277 e. The fraction of sp³-hybridized carbons (Fsp3) is 0.158. The summed E-state index contributed by atoms with van der Waals surface area (Å²) in [6.07, 6.45) is 1.56. The van der Waals surface area contributed by atoms with E-state index in [1.807, 2.05) is 37.3 Å². The number of para-hydroxylation sites is 1. The fourth-order valence-corrected chi connectivity index (χ4v) is 3.84. The third-order valence-electron chi connectivity index (χ3n) is 3.48. The van der Waals surface area contributed by atoms with Gasteiger partial charge in [-0.15, -0.1) is 10.2 Å². The van der Waals surface area contributed by atoms with Crippen molar-refractivity contribution >= 4 is 21.6 Å². The number of thioether (sulfide) groups is 1. The molecule has 6 nitrogen and oxygen atoms in total. The first kappa shape index (κ1) is 19.2. The lowest BCUT2D eigenvalue weighted by atomic mass is 10.2. The van der Waals surface area contributed by atoms with Crippen LogP contribution in [0.5, 0.6) is 5.75 Å². The molecule has 2 aromatic carbocycles. The number of rotatable bonds is 8. The maximum Gasteiger partial charge on any atom is 0.277 e. The van der Waals surface area contributed by atoms with Gasteiger partial charge in [-0.2, -0.15) is 0 Å². The second kappa shape index (κ2) is 8.88. The van der Waals surface area contributed by atoms with Crippen LogP contribution < -0.4 is 4.74 Å². The quantitative estimate of drug-likeness (QED) is 0.526. The van der Waals surface area contributed by atoms with Crippen LogP contribution in [0.25, 0.3) is 0 Å². The zero-order valence-corrected chi connectivity index (χ0v) is 16.2. The summed E-state index contributed by atoms with van der Waals surface area (Å²) in [6, 6.07) is 16.1. The van der Waals surface area contributed by atoms with Crippen molar-refractivity contribution in [3.8, 4) is 5.75 Å². The van der Waals surface area contributed by atoms with E-state index in [1.165, 1.54) is 17.2 Å². The average molecular weight is 402 g/mol. The number of benzene rings is 2. The maximum absolute atomic E-state index is 12.2. The molecule has 0 atom stereocenters. The van der Waals surface area contributed by atoms with Crippen molar-refractivity contribution in [1.29, 1.82) is 0 Å². The van der Waals surface area contributed by atoms with Gasteiger partial charge in [0.15, 0.2) is 16.4 Å². The maximum atomic E-state index is 12.2. The molecule has 140 valence electrons. The second-order valence-electron chi connectivity index (χ2n) is 5.60. The molecule has 3 aromatic rings. The van der Waals surface area contributed by atoms with Gasteiger partial charge < -0.3 is 9.15 Å². The molecule has 0 saturated carbocycles. The highest BCUT2D eigenvalue weighted by atomic mass is 32.2. The number of ether oxygens (including phenoxy) is 1. The molecule has 0 saturated heterocycles. The summed E-state index contributed by atoms with van der Waals surface area (Å²) in [7, 11) is -3.45. The highest BCUT2D eigenvalue weighted by Gasteiger charge is 2.10. The van der Waals surface area contributed by atoms with E-state index in [0.29, 0.717) is 22.6 Å². The van der Waals surface area contributed by atoms with E-state index >= 15 is 0 Å². The third kappa shape index (κ3) is 5.70. The molecular weight excluding hydrogens is 384 g/mol. The Morgan fingerprint density at radius 1 is 1.07 bits per heavy atom. The lowest BCUT2D eigenvalue weighted by molar-refractivity contribution is 0.252. The summed E-state index contributed by atoms with van der Waals surface area (Å²) < 4.78 is 35.4. The minimum atomic E-state index is -3.45. The molecule has 1 heterocycles. The summed E-state index contributed by atoms with van der Waals surface area (Å²) in [5.74, 6) is 1.47. The first-order valence-corrected chi connectivity index (χ1v) is 10.7. The molecule has 0 amide bonds. The van der Waals surface area contributed by atoms with E-state index in [1.54, 1.807) is 30.3 Å². The van der Waals surface area contributed by atoms with E-state index in [2.05, 4.69) is 10.2 Å². The van der Waals surface area contributed by atoms with Gasteiger partial charge in [0.05, 0.1) is 4.90 Å². The third-order valence-corrected chi connectivity index (χ3v) is 5.73. The molecule has 3 rings (SSSR count). The molecular formula is C19H18N2O4S2. The first-order valence-electron chi connectivity index (χ1n) is 8.14. The van der Waals surface area contributed by atoms with Gasteiger partial charge in [-0.1, -0.05) is 53.7 Å². The van der Waals surface area contributed by atoms with Gasteiger partial charge >= 0.3 is 0 Å². The van der Waals surface area contributed by atoms with Crippen LogP contribution in [-0.2, 0) is 16.4 Å². The average Bonchev–Trinajstić information content (AvgIpc) is 3.13. The Kier molecular flexibility index (Phi) is 6.31. The molecule has 8 heteroatoms. The molecule has 0 fully saturated rings. The molecule has 1 aromatic heterocycles. The SMILES string of the molecule is Cc1ccc(S(=O)(=O)/C=C/CSc2nnc(COc3ccccc3)o2)cc1. The summed E-state index contributed by atoms with van der Waals surface area (Å²) in [5.41, 5.74) is 1.01. The topological polar surface area (TPSA) is 82.3 Å². The predicted molar refractivity (Wildman–Crippen MR) is 103 cm³/mol. The van der Waals surface area contributed by atoms with Crippen molar-refractivity contribution in [1.82, 2.24) is 10.2 Å². The van der Waals surface area contributed by atoms with Crippen molar-refractivity contribution in [2.45, 2.75) is 23.6 Å². The zero-order valence-electron chi connectivity index (χ0n) is 14.6. The summed E-state index contributed by atoms with van der Waals surface area (Å²) >= 11 is 1.25. The van der Waals surface area contributed by atoms with E-state index in [4.69, 9.17) is 9.15 Å². The normalized spacial score (nSPS) is 11.7. The van der Waals surface area contributed by atoms with Crippen LogP contribution in [0, 0.1) is 6.92 Å². The Balaban J connectivity index is 1.49. The summed E-state index contributed by atoms with van der Waals surface area (Å²) in [4.78, 5) is 0.271. The Morgan fingerprint density at radius 2 is 1.81 bits per heavy atom. The zero-order chi connectivity index (χ0) is 19.1. The van der Waals surface area contributed by atoms with Crippen LogP contribution in [0.4, 0.5) is 0 Å². The van der Waals surface area contributed by atoms with Gasteiger partial charge in [-0.25, -0.2) is 8.42 Å². The van der Waals surface area contributed by atoms with Gasteiger partial charge in [0.25, 0.3) is 11.1 Å². The monoisotopic (exact) mass is 402 g/mol. The van der Waals surface area contributed by atoms with Crippen LogP contribution >= 0.6 is 11.8 Å². The lowest BCUT2D eigenvalue weighted by Gasteiger charge is -2.01. The van der Waals surface area contributed by atoms with Crippen molar-refractivity contribution in [2.24, 2.45) is 0 Å². The van der Waals surface area contributed by atoms with Crippen molar-refractivity contribution < 1.29 is 17.6 Å². The lowest BCUT2D eigenvalue weighted by Crippen LogP contribution is -1.96. The van der Waals surface area contributed by atoms with Gasteiger partial charge in [-0.05, 0) is 31.2 Å². The molecule has 27 heavy (non-hydrogen) atoms. The van der Waals surface area contributed by atoms with E-state index in [0.717, 1.165) is 5.56 Å². The number of sulfone groups is 1. The molecule has 0 aliphatic carbocycles. The minimum absolute atomic E-state index is 0.176. The van der Waals surface area contributed by atoms with E-state index in [-0.39, 0.29) is 11.5 Å². The van der Waals surface area contributed by atoms with Gasteiger partial charge in [0.2, 0.25) is 0 Å². The Bertz CT molecular complexity index is 998. The van der Waals surface area contributed by atoms with Crippen LogP contribution in [0.3, 0.4) is 0 Å². The fourth-order valence-electron chi connectivity index (χ4n) is 2.11. The highest BCUT2D eigenvalue weighted by Crippen LogP contribution is 2.19. The molecule has 0 N–H and O–H groups in total. The summed E-state index contributed by atoms with van der Waals surface area (Å²) in [5, 5.41) is 9.38. The van der Waals surface area contributed by atoms with Gasteiger partial charge in [0.1, 0.15) is 5.75 Å². The van der Waals surface area contributed by atoms with Crippen molar-refractivity contribution in [3.63, 3.8) is 0 Å². The minimum Gasteiger partial charge on any atom is -0.484 e. The van der Waals surface area contributed by atoms with Crippen LogP contribution in [0.2, 0.25) is 0 Å².